The topological polar surface area (TPSA) is 96.9 Å². The normalized spacial score (nSPS) is 12.4. The van der Waals surface area contributed by atoms with Gasteiger partial charge < -0.3 is 25.2 Å². The zero-order chi connectivity index (χ0) is 28.7. The second kappa shape index (κ2) is 14.5. The van der Waals surface area contributed by atoms with E-state index in [0.717, 1.165) is 23.4 Å². The summed E-state index contributed by atoms with van der Waals surface area (Å²) in [5.41, 5.74) is 1.93. The van der Waals surface area contributed by atoms with Gasteiger partial charge in [0.2, 0.25) is 5.91 Å². The van der Waals surface area contributed by atoms with Crippen LogP contribution in [0.15, 0.2) is 66.4 Å². The van der Waals surface area contributed by atoms with Gasteiger partial charge in [-0.1, -0.05) is 6.92 Å². The third-order valence-corrected chi connectivity index (χ3v) is 8.31. The monoisotopic (exact) mass is 788 g/mol. The lowest BCUT2D eigenvalue weighted by Gasteiger charge is -2.19. The molecule has 0 radical (unpaired) electrons. The van der Waals surface area contributed by atoms with Crippen LogP contribution in [0.1, 0.15) is 25.8 Å². The van der Waals surface area contributed by atoms with Crippen LogP contribution in [0.25, 0.3) is 0 Å². The Balaban J connectivity index is 1.80. The minimum Gasteiger partial charge on any atom is -0.506 e. The van der Waals surface area contributed by atoms with E-state index in [1.807, 2.05) is 43.3 Å². The fourth-order valence-electron chi connectivity index (χ4n) is 3.66. The third-order valence-electron chi connectivity index (χ3n) is 5.92. The quantitative estimate of drug-likeness (QED) is 0.127. The number of phenolic OH excluding ortho intramolecular Hbond substituents is 1. The molecule has 3 rings (SSSR count). The Morgan fingerprint density at radius 1 is 0.923 bits per heavy atom. The van der Waals surface area contributed by atoms with E-state index in [1.165, 1.54) is 0 Å². The van der Waals surface area contributed by atoms with Crippen molar-refractivity contribution in [2.75, 3.05) is 24.3 Å². The van der Waals surface area contributed by atoms with Gasteiger partial charge in [0.25, 0.3) is 0 Å². The lowest BCUT2D eigenvalue weighted by molar-refractivity contribution is -0.130. The number of halogens is 4. The molecule has 0 spiro atoms. The molecule has 3 aromatic carbocycles. The largest absolute Gasteiger partial charge is 0.506 e. The van der Waals surface area contributed by atoms with E-state index >= 15 is 0 Å². The Hall–Kier alpha value is -2.08. The molecule has 11 heteroatoms. The molecule has 208 valence electrons. The summed E-state index contributed by atoms with van der Waals surface area (Å²) in [6, 6.07) is 14.2. The average molecular weight is 792 g/mol. The highest BCUT2D eigenvalue weighted by molar-refractivity contribution is 9.11. The maximum absolute atomic E-state index is 13.4. The van der Waals surface area contributed by atoms with Gasteiger partial charge in [-0.3, -0.25) is 9.59 Å². The summed E-state index contributed by atoms with van der Waals surface area (Å²) in [5.74, 6) is -0.367. The van der Waals surface area contributed by atoms with Crippen LogP contribution in [0.4, 0.5) is 11.4 Å². The highest BCUT2D eigenvalue weighted by Crippen LogP contribution is 2.37. The molecule has 0 bridgehead atoms. The highest BCUT2D eigenvalue weighted by atomic mass is 79.9. The number of benzene rings is 3. The third kappa shape index (κ3) is 8.70. The van der Waals surface area contributed by atoms with Gasteiger partial charge in [-0.15, -0.1) is 0 Å². The maximum Gasteiger partial charge on any atom is 0.235 e. The van der Waals surface area contributed by atoms with Gasteiger partial charge >= 0.3 is 0 Å². The van der Waals surface area contributed by atoms with Crippen molar-refractivity contribution < 1.29 is 24.2 Å². The molecule has 3 N–H and O–H groups in total. The molecule has 0 saturated carbocycles. The summed E-state index contributed by atoms with van der Waals surface area (Å²) < 4.78 is 13.4. The van der Waals surface area contributed by atoms with Crippen LogP contribution in [-0.4, -0.2) is 36.6 Å². The summed E-state index contributed by atoms with van der Waals surface area (Å²) in [5, 5.41) is 15.9. The van der Waals surface area contributed by atoms with Crippen LogP contribution < -0.4 is 20.1 Å². The number of nitrogens with one attached hydrogen (secondary N) is 2. The molecule has 7 nitrogen and oxygen atoms in total. The van der Waals surface area contributed by atoms with Crippen molar-refractivity contribution >= 4 is 86.8 Å². The number of ether oxygens (including phenoxy) is 2. The Morgan fingerprint density at radius 2 is 1.51 bits per heavy atom. The van der Waals surface area contributed by atoms with Crippen molar-refractivity contribution in [3.8, 4) is 17.2 Å². The van der Waals surface area contributed by atoms with Gasteiger partial charge in [-0.05, 0) is 138 Å². The number of methoxy groups -OCH3 is 1. The lowest BCUT2D eigenvalue weighted by Crippen LogP contribution is -2.35. The van der Waals surface area contributed by atoms with Crippen LogP contribution >= 0.6 is 63.7 Å². The summed E-state index contributed by atoms with van der Waals surface area (Å²) in [4.78, 5) is 26.9. The Bertz CT molecular complexity index is 1290. The van der Waals surface area contributed by atoms with Crippen molar-refractivity contribution in [3.05, 3.63) is 72.0 Å². The minimum absolute atomic E-state index is 0.0123. The first-order chi connectivity index (χ1) is 18.5. The Labute approximate surface area is 261 Å². The molecule has 1 amide bonds. The van der Waals surface area contributed by atoms with Crippen molar-refractivity contribution in [2.24, 2.45) is 5.92 Å². The van der Waals surface area contributed by atoms with E-state index in [2.05, 4.69) is 81.3 Å². The molecule has 2 unspecified atom stereocenters. The molecule has 0 aliphatic rings. The van der Waals surface area contributed by atoms with Crippen molar-refractivity contribution in [1.29, 1.82) is 0 Å². The van der Waals surface area contributed by atoms with Crippen LogP contribution in [0, 0.1) is 5.92 Å². The molecular weight excluding hydrogens is 764 g/mol. The van der Waals surface area contributed by atoms with Crippen molar-refractivity contribution in [1.82, 2.24) is 0 Å². The van der Waals surface area contributed by atoms with Gasteiger partial charge in [0, 0.05) is 11.4 Å². The van der Waals surface area contributed by atoms with Crippen molar-refractivity contribution in [2.45, 2.75) is 32.8 Å². The number of hydrogen-bond donors (Lipinski definition) is 3. The maximum atomic E-state index is 13.4. The number of anilines is 2. The predicted molar refractivity (Wildman–Crippen MR) is 168 cm³/mol. The van der Waals surface area contributed by atoms with Crippen molar-refractivity contribution in [3.63, 3.8) is 0 Å². The number of aromatic hydroxyl groups is 1. The van der Waals surface area contributed by atoms with E-state index in [-0.39, 0.29) is 30.6 Å². The smallest absolute Gasteiger partial charge is 0.235 e. The number of carbonyl (C=O) groups excluding carboxylic acids is 2. The van der Waals surface area contributed by atoms with E-state index in [0.29, 0.717) is 29.3 Å². The summed E-state index contributed by atoms with van der Waals surface area (Å²) in [7, 11) is 1.56. The molecule has 0 heterocycles. The number of carbonyl (C=O) groups is 2. The summed E-state index contributed by atoms with van der Waals surface area (Å²) in [6.45, 7) is 4.01. The van der Waals surface area contributed by atoms with Gasteiger partial charge in [0.1, 0.15) is 23.2 Å². The molecule has 39 heavy (non-hydrogen) atoms. The zero-order valence-corrected chi connectivity index (χ0v) is 27.8. The van der Waals surface area contributed by atoms with Gasteiger partial charge in [-0.25, -0.2) is 0 Å². The van der Waals surface area contributed by atoms with E-state index < -0.39 is 11.8 Å². The SMILES string of the molecule is CCC(C)Oc1ccc(NCC(=O)C(Cc2cc(Br)c(OC)c(Br)c2)C(=O)Nc2cc(Br)c(O)c(Br)c2)cc1. The second-order valence-electron chi connectivity index (χ2n) is 8.81. The molecule has 0 aromatic heterocycles. The second-order valence-corrected chi connectivity index (χ2v) is 12.2. The molecule has 0 aliphatic carbocycles. The average Bonchev–Trinajstić information content (AvgIpc) is 2.89. The highest BCUT2D eigenvalue weighted by Gasteiger charge is 2.28. The number of ketones is 1. The minimum atomic E-state index is -0.996. The lowest BCUT2D eigenvalue weighted by atomic mass is 9.93. The number of Topliss-reactive ketones (excluding diaryl/α,β-unsaturated/α-hetero) is 1. The fourth-order valence-corrected chi connectivity index (χ4v) is 6.45. The van der Waals surface area contributed by atoms with Crippen LogP contribution in [0.3, 0.4) is 0 Å². The van der Waals surface area contributed by atoms with E-state index in [9.17, 15) is 14.7 Å². The van der Waals surface area contributed by atoms with Crippen LogP contribution in [0.2, 0.25) is 0 Å². The molecular formula is C28H28Br4N2O5. The van der Waals surface area contributed by atoms with E-state index in [1.54, 1.807) is 19.2 Å². The number of rotatable bonds is 12. The van der Waals surface area contributed by atoms with Gasteiger partial charge in [0.15, 0.2) is 5.78 Å². The van der Waals surface area contributed by atoms with Crippen LogP contribution in [0.5, 0.6) is 17.2 Å². The molecule has 2 atom stereocenters. The standard InChI is InChI=1S/C28H28Br4N2O5/c1-4-15(2)39-19-7-5-17(6-8-19)33-14-25(35)20(9-16-10-23(31)27(38-3)24(32)11-16)28(37)34-18-12-21(29)26(36)22(30)13-18/h5-8,10-13,15,20,33,36H,4,9,14H2,1-3H3,(H,34,37). The molecule has 3 aromatic rings. The van der Waals surface area contributed by atoms with Gasteiger partial charge in [0.05, 0.1) is 37.6 Å². The summed E-state index contributed by atoms with van der Waals surface area (Å²) in [6.07, 6.45) is 1.17. The zero-order valence-electron chi connectivity index (χ0n) is 21.5. The Kier molecular flexibility index (Phi) is 11.7. The van der Waals surface area contributed by atoms with Crippen LogP contribution in [-0.2, 0) is 16.0 Å². The molecule has 0 aliphatic heterocycles. The van der Waals surface area contributed by atoms with Gasteiger partial charge in [-0.2, -0.15) is 0 Å². The molecule has 0 saturated heterocycles. The number of amides is 1. The first-order valence-electron chi connectivity index (χ1n) is 12.1. The van der Waals surface area contributed by atoms with E-state index in [4.69, 9.17) is 9.47 Å². The summed E-state index contributed by atoms with van der Waals surface area (Å²) >= 11 is 13.5. The number of phenols is 1. The fraction of sp³-hybridized carbons (Fsp3) is 0.286. The first-order valence-corrected chi connectivity index (χ1v) is 15.2. The number of hydrogen-bond acceptors (Lipinski definition) is 6. The molecule has 0 fully saturated rings. The first kappa shape index (κ1) is 31.4. The predicted octanol–water partition coefficient (Wildman–Crippen LogP) is 8.11. The Morgan fingerprint density at radius 3 is 2.05 bits per heavy atom.